The molecule has 0 aliphatic carbocycles. The second-order valence-corrected chi connectivity index (χ2v) is 6.35. The van der Waals surface area contributed by atoms with Crippen LogP contribution in [0.1, 0.15) is 18.5 Å². The first-order valence-electron chi connectivity index (χ1n) is 8.27. The van der Waals surface area contributed by atoms with Crippen LogP contribution in [0.2, 0.25) is 0 Å². The molecule has 3 aromatic rings. The van der Waals surface area contributed by atoms with Crippen molar-refractivity contribution in [2.75, 3.05) is 18.0 Å². The van der Waals surface area contributed by atoms with Crippen molar-refractivity contribution >= 4 is 17.0 Å². The summed E-state index contributed by atoms with van der Waals surface area (Å²) in [7, 11) is 1.80. The lowest BCUT2D eigenvalue weighted by Gasteiger charge is -2.32. The smallest absolute Gasteiger partial charge is 0.263 e. The van der Waals surface area contributed by atoms with Crippen LogP contribution >= 0.6 is 0 Å². The van der Waals surface area contributed by atoms with Gasteiger partial charge in [0.05, 0.1) is 6.20 Å². The fraction of sp³-hybridized carbons (Fsp3) is 0.412. The summed E-state index contributed by atoms with van der Waals surface area (Å²) in [6.07, 6.45) is 6.57. The summed E-state index contributed by atoms with van der Waals surface area (Å²) in [5.74, 6) is 1.27. The quantitative estimate of drug-likeness (QED) is 0.790. The van der Waals surface area contributed by atoms with Crippen LogP contribution in [0.4, 0.5) is 5.95 Å². The molecule has 1 saturated heterocycles. The van der Waals surface area contributed by atoms with Crippen molar-refractivity contribution < 1.29 is 0 Å². The highest BCUT2D eigenvalue weighted by molar-refractivity contribution is 5.74. The number of aromatic nitrogens is 5. The number of nitrogens with zero attached hydrogens (tertiary/aromatic N) is 5. The molecule has 0 unspecified atom stereocenters. The highest BCUT2D eigenvalue weighted by atomic mass is 16.1. The van der Waals surface area contributed by atoms with Gasteiger partial charge in [-0.1, -0.05) is 6.07 Å². The zero-order valence-corrected chi connectivity index (χ0v) is 13.6. The monoisotopic (exact) mass is 324 g/mol. The number of hydrogen-bond donors (Lipinski definition) is 1. The minimum atomic E-state index is -0.126. The second-order valence-electron chi connectivity index (χ2n) is 6.35. The Morgan fingerprint density at radius 2 is 2.12 bits per heavy atom. The third kappa shape index (κ3) is 2.77. The number of piperidine rings is 1. The van der Waals surface area contributed by atoms with Crippen LogP contribution in [-0.2, 0) is 13.5 Å². The normalized spacial score (nSPS) is 16.0. The Labute approximate surface area is 139 Å². The minimum Gasteiger partial charge on any atom is -0.342 e. The van der Waals surface area contributed by atoms with Gasteiger partial charge in [0, 0.05) is 32.0 Å². The molecule has 24 heavy (non-hydrogen) atoms. The van der Waals surface area contributed by atoms with E-state index < -0.39 is 0 Å². The fourth-order valence-electron chi connectivity index (χ4n) is 3.33. The van der Waals surface area contributed by atoms with E-state index in [0.29, 0.717) is 22.9 Å². The third-order valence-corrected chi connectivity index (χ3v) is 4.73. The van der Waals surface area contributed by atoms with Crippen LogP contribution in [0.5, 0.6) is 0 Å². The first kappa shape index (κ1) is 14.9. The molecule has 7 nitrogen and oxygen atoms in total. The van der Waals surface area contributed by atoms with Crippen LogP contribution in [0.3, 0.4) is 0 Å². The first-order chi connectivity index (χ1) is 11.7. The van der Waals surface area contributed by atoms with E-state index in [1.165, 1.54) is 0 Å². The van der Waals surface area contributed by atoms with Gasteiger partial charge in [0.15, 0.2) is 5.65 Å². The number of anilines is 1. The number of hydrogen-bond acceptors (Lipinski definition) is 5. The highest BCUT2D eigenvalue weighted by Crippen LogP contribution is 2.23. The second kappa shape index (κ2) is 6.07. The molecular weight excluding hydrogens is 304 g/mol. The van der Waals surface area contributed by atoms with Gasteiger partial charge in [-0.15, -0.1) is 0 Å². The summed E-state index contributed by atoms with van der Waals surface area (Å²) < 4.78 is 1.64. The predicted molar refractivity (Wildman–Crippen MR) is 92.0 cm³/mol. The van der Waals surface area contributed by atoms with Crippen molar-refractivity contribution in [2.24, 2.45) is 13.0 Å². The topological polar surface area (TPSA) is 79.7 Å². The van der Waals surface area contributed by atoms with Crippen molar-refractivity contribution in [1.29, 1.82) is 0 Å². The molecule has 0 atom stereocenters. The van der Waals surface area contributed by atoms with E-state index in [1.807, 2.05) is 18.3 Å². The Balaban J connectivity index is 1.48. The maximum absolute atomic E-state index is 12.2. The number of fused-ring (bicyclic) bond motifs is 1. The van der Waals surface area contributed by atoms with E-state index >= 15 is 0 Å². The highest BCUT2D eigenvalue weighted by Gasteiger charge is 2.22. The molecule has 0 spiro atoms. The summed E-state index contributed by atoms with van der Waals surface area (Å²) in [6.45, 7) is 1.79. The molecule has 3 aromatic heterocycles. The van der Waals surface area contributed by atoms with E-state index in [-0.39, 0.29) is 5.56 Å². The van der Waals surface area contributed by atoms with E-state index in [4.69, 9.17) is 0 Å². The van der Waals surface area contributed by atoms with Crippen LogP contribution in [0.15, 0.2) is 35.4 Å². The Morgan fingerprint density at radius 3 is 2.88 bits per heavy atom. The number of H-pyrrole nitrogens is 1. The lowest BCUT2D eigenvalue weighted by Crippen LogP contribution is -2.36. The molecule has 0 radical (unpaired) electrons. The number of pyridine rings is 1. The van der Waals surface area contributed by atoms with E-state index in [0.717, 1.165) is 38.0 Å². The number of rotatable bonds is 3. The molecule has 0 saturated carbocycles. The molecule has 0 bridgehead atoms. The summed E-state index contributed by atoms with van der Waals surface area (Å²) in [5, 5.41) is 4.64. The molecule has 1 N–H and O–H groups in total. The summed E-state index contributed by atoms with van der Waals surface area (Å²) >= 11 is 0. The van der Waals surface area contributed by atoms with Crippen molar-refractivity contribution in [3.05, 3.63) is 46.6 Å². The Morgan fingerprint density at radius 1 is 1.29 bits per heavy atom. The fourth-order valence-corrected chi connectivity index (χ4v) is 3.33. The Kier molecular flexibility index (Phi) is 3.76. The van der Waals surface area contributed by atoms with Crippen molar-refractivity contribution in [3.8, 4) is 0 Å². The lowest BCUT2D eigenvalue weighted by atomic mass is 9.92. The van der Waals surface area contributed by atoms with E-state index in [2.05, 4.69) is 31.0 Å². The zero-order chi connectivity index (χ0) is 16.5. The first-order valence-corrected chi connectivity index (χ1v) is 8.27. The molecule has 0 amide bonds. The largest absolute Gasteiger partial charge is 0.342 e. The standard InChI is InChI=1S/C17H20N6O/c1-22-15-14(11-19-22)16(24)21-17(20-15)23-8-5-12(6-9-23)10-13-4-2-3-7-18-13/h2-4,7,11-12H,5-6,8-10H2,1H3,(H,20,21,24). The lowest BCUT2D eigenvalue weighted by molar-refractivity contribution is 0.397. The molecule has 0 aromatic carbocycles. The Bertz CT molecular complexity index is 892. The van der Waals surface area contributed by atoms with E-state index in [9.17, 15) is 4.79 Å². The predicted octanol–water partition coefficient (Wildman–Crippen LogP) is 1.51. The van der Waals surface area contributed by atoms with Gasteiger partial charge >= 0.3 is 0 Å². The van der Waals surface area contributed by atoms with Gasteiger partial charge in [-0.05, 0) is 37.3 Å². The van der Waals surface area contributed by atoms with Gasteiger partial charge in [0.2, 0.25) is 5.95 Å². The van der Waals surface area contributed by atoms with Crippen LogP contribution < -0.4 is 10.5 Å². The van der Waals surface area contributed by atoms with Gasteiger partial charge in [0.1, 0.15) is 5.39 Å². The molecule has 124 valence electrons. The molecular formula is C17H20N6O. The van der Waals surface area contributed by atoms with Crippen LogP contribution in [0.25, 0.3) is 11.0 Å². The number of nitrogens with one attached hydrogen (secondary N) is 1. The zero-order valence-electron chi connectivity index (χ0n) is 13.6. The molecule has 4 heterocycles. The minimum absolute atomic E-state index is 0.126. The van der Waals surface area contributed by atoms with Crippen molar-refractivity contribution in [3.63, 3.8) is 0 Å². The average Bonchev–Trinajstić information content (AvgIpc) is 2.98. The van der Waals surface area contributed by atoms with Gasteiger partial charge in [-0.3, -0.25) is 19.4 Å². The SMILES string of the molecule is Cn1ncc2c(=O)[nH]c(N3CCC(Cc4ccccn4)CC3)nc21. The van der Waals surface area contributed by atoms with Crippen molar-refractivity contribution in [2.45, 2.75) is 19.3 Å². The molecule has 4 rings (SSSR count). The summed E-state index contributed by atoms with van der Waals surface area (Å²) in [6, 6.07) is 6.07. The number of aryl methyl sites for hydroxylation is 1. The Hall–Kier alpha value is -2.70. The van der Waals surface area contributed by atoms with Crippen molar-refractivity contribution in [1.82, 2.24) is 24.7 Å². The van der Waals surface area contributed by atoms with Gasteiger partial charge in [0.25, 0.3) is 5.56 Å². The van der Waals surface area contributed by atoms with Crippen LogP contribution in [-0.4, -0.2) is 37.8 Å². The maximum Gasteiger partial charge on any atom is 0.263 e. The third-order valence-electron chi connectivity index (χ3n) is 4.73. The number of aromatic amines is 1. The molecule has 1 aliphatic heterocycles. The molecule has 7 heteroatoms. The van der Waals surface area contributed by atoms with E-state index in [1.54, 1.807) is 17.9 Å². The molecule has 1 fully saturated rings. The average molecular weight is 324 g/mol. The van der Waals surface area contributed by atoms with Gasteiger partial charge in [-0.25, -0.2) is 0 Å². The van der Waals surface area contributed by atoms with Crippen LogP contribution in [0, 0.1) is 5.92 Å². The maximum atomic E-state index is 12.2. The molecule has 1 aliphatic rings. The van der Waals surface area contributed by atoms with Gasteiger partial charge in [-0.2, -0.15) is 10.1 Å². The summed E-state index contributed by atoms with van der Waals surface area (Å²) in [5.41, 5.74) is 1.65. The summed E-state index contributed by atoms with van der Waals surface area (Å²) in [4.78, 5) is 26.2. The van der Waals surface area contributed by atoms with Gasteiger partial charge < -0.3 is 4.90 Å².